The molecule has 0 N–H and O–H groups in total. The van der Waals surface area contributed by atoms with E-state index in [1.165, 1.54) is 77.9 Å². The molecule has 0 unspecified atom stereocenters. The van der Waals surface area contributed by atoms with Gasteiger partial charge in [0.15, 0.2) is 0 Å². The number of hydrogen-bond donors (Lipinski definition) is 0. The lowest BCUT2D eigenvalue weighted by Crippen LogP contribution is -2.17. The molecular formula is C74H58N4. The molecule has 0 saturated heterocycles. The zero-order valence-corrected chi connectivity index (χ0v) is 44.3. The first kappa shape index (κ1) is 48.0. The predicted molar refractivity (Wildman–Crippen MR) is 328 cm³/mol. The Morgan fingerprint density at radius 2 is 0.615 bits per heavy atom. The Balaban J connectivity index is 0.715. The predicted octanol–water partition coefficient (Wildman–Crippen LogP) is 19.7. The van der Waals surface area contributed by atoms with Gasteiger partial charge < -0.3 is 0 Å². The lowest BCUT2D eigenvalue weighted by atomic mass is 9.81. The van der Waals surface area contributed by atoms with E-state index in [1.54, 1.807) is 0 Å². The Kier molecular flexibility index (Phi) is 12.2. The summed E-state index contributed by atoms with van der Waals surface area (Å²) in [5.41, 5.74) is 23.7. The summed E-state index contributed by atoms with van der Waals surface area (Å²) in [5, 5.41) is 0. The fourth-order valence-corrected chi connectivity index (χ4v) is 11.8. The van der Waals surface area contributed by atoms with Crippen LogP contribution in [0.4, 0.5) is 34.4 Å². The molecule has 11 aromatic rings. The first-order valence-corrected chi connectivity index (χ1v) is 26.9. The van der Waals surface area contributed by atoms with E-state index in [4.69, 9.17) is 9.97 Å². The van der Waals surface area contributed by atoms with Gasteiger partial charge in [-0.05, 0) is 162 Å². The summed E-state index contributed by atoms with van der Waals surface area (Å²) < 4.78 is 0. The highest BCUT2D eigenvalue weighted by atomic mass is 15.2. The van der Waals surface area contributed by atoms with Crippen LogP contribution in [0.3, 0.4) is 0 Å². The van der Waals surface area contributed by atoms with Crippen LogP contribution in [0.15, 0.2) is 255 Å². The van der Waals surface area contributed by atoms with Gasteiger partial charge in [-0.1, -0.05) is 222 Å². The maximum atomic E-state index is 4.85. The Morgan fingerprint density at radius 1 is 0.282 bits per heavy atom. The molecule has 0 saturated carbocycles. The number of rotatable bonds is 12. The second-order valence-electron chi connectivity index (χ2n) is 21.5. The summed E-state index contributed by atoms with van der Waals surface area (Å²) in [6.07, 6.45) is 12.7. The van der Waals surface area contributed by atoms with Crippen LogP contribution in [-0.2, 0) is 10.8 Å². The largest absolute Gasteiger partial charge is 0.295 e. The minimum absolute atomic E-state index is 0.207. The molecule has 0 atom stereocenters. The molecule has 9 aromatic carbocycles. The van der Waals surface area contributed by atoms with Gasteiger partial charge in [0.05, 0.1) is 0 Å². The number of fused-ring (bicyclic) bond motifs is 6. The molecule has 374 valence electrons. The molecule has 2 aromatic heterocycles. The fraction of sp³-hybridized carbons (Fsp3) is 0.0811. The van der Waals surface area contributed by atoms with Gasteiger partial charge in [-0.15, -0.1) is 0 Å². The van der Waals surface area contributed by atoms with Crippen molar-refractivity contribution in [2.75, 3.05) is 9.80 Å². The normalized spacial score (nSPS) is 13.5. The van der Waals surface area contributed by atoms with Crippen molar-refractivity contribution in [3.8, 4) is 44.5 Å². The summed E-state index contributed by atoms with van der Waals surface area (Å²) in [4.78, 5) is 14.2. The van der Waals surface area contributed by atoms with E-state index in [1.807, 2.05) is 24.5 Å². The van der Waals surface area contributed by atoms with Crippen molar-refractivity contribution in [1.82, 2.24) is 9.97 Å². The number of benzene rings is 9. The number of nitrogens with zero attached hydrogens (tertiary/aromatic N) is 4. The number of anilines is 6. The van der Waals surface area contributed by atoms with E-state index in [9.17, 15) is 0 Å². The third kappa shape index (κ3) is 8.91. The van der Waals surface area contributed by atoms with E-state index in [-0.39, 0.29) is 10.8 Å². The maximum Gasteiger partial charge on any atom is 0.137 e. The van der Waals surface area contributed by atoms with Crippen molar-refractivity contribution in [1.29, 1.82) is 0 Å². The summed E-state index contributed by atoms with van der Waals surface area (Å²) in [7, 11) is 0. The first-order valence-electron chi connectivity index (χ1n) is 26.9. The summed E-state index contributed by atoms with van der Waals surface area (Å²) in [6, 6.07) is 87.4. The minimum Gasteiger partial charge on any atom is -0.295 e. The first-order chi connectivity index (χ1) is 38.2. The quantitative estimate of drug-likeness (QED) is 0.114. The Morgan fingerprint density at radius 3 is 1.01 bits per heavy atom. The fourth-order valence-electron chi connectivity index (χ4n) is 11.8. The van der Waals surface area contributed by atoms with E-state index in [0.717, 1.165) is 45.5 Å². The summed E-state index contributed by atoms with van der Waals surface area (Å²) >= 11 is 0. The maximum absolute atomic E-state index is 4.85. The van der Waals surface area contributed by atoms with Gasteiger partial charge in [-0.25, -0.2) is 9.97 Å². The molecular weight excluding hydrogens is 945 g/mol. The molecule has 0 fully saturated rings. The van der Waals surface area contributed by atoms with Gasteiger partial charge in [0.2, 0.25) is 0 Å². The summed E-state index contributed by atoms with van der Waals surface area (Å²) in [5.74, 6) is 1.76. The molecule has 0 amide bonds. The van der Waals surface area contributed by atoms with Crippen LogP contribution in [0.25, 0.3) is 68.8 Å². The Labute approximate surface area is 458 Å². The van der Waals surface area contributed by atoms with Gasteiger partial charge in [0.25, 0.3) is 0 Å². The van der Waals surface area contributed by atoms with E-state index in [0.29, 0.717) is 0 Å². The van der Waals surface area contributed by atoms with Crippen LogP contribution in [0.1, 0.15) is 72.2 Å². The second-order valence-corrected chi connectivity index (χ2v) is 21.5. The van der Waals surface area contributed by atoms with Crippen LogP contribution in [0.5, 0.6) is 0 Å². The lowest BCUT2D eigenvalue weighted by molar-refractivity contribution is 0.660. The molecule has 0 aliphatic heterocycles. The van der Waals surface area contributed by atoms with Gasteiger partial charge in [-0.3, -0.25) is 9.80 Å². The van der Waals surface area contributed by atoms with E-state index >= 15 is 0 Å². The van der Waals surface area contributed by atoms with Crippen molar-refractivity contribution in [3.63, 3.8) is 0 Å². The van der Waals surface area contributed by atoms with Gasteiger partial charge in [0, 0.05) is 46.0 Å². The van der Waals surface area contributed by atoms with Crippen molar-refractivity contribution in [3.05, 3.63) is 300 Å². The molecule has 4 nitrogen and oxygen atoms in total. The average Bonchev–Trinajstić information content (AvgIpc) is 4.10. The SMILES string of the molecule is CC1(C)c2cc(C=Cc3ccc(C=Cc4ccc5c(c4)C(C)(C)c4cc(N(c6cccc(-c7ccccc7)c6)c6ccccn6)ccc4-5)cc3)ccc2-c2ccc(N(c3cccc(-c4ccccc4)c3)c3ccccn3)cc21. The van der Waals surface area contributed by atoms with Gasteiger partial charge in [0.1, 0.15) is 11.6 Å². The second kappa shape index (κ2) is 19.8. The molecule has 4 heteroatoms. The molecule has 0 radical (unpaired) electrons. The van der Waals surface area contributed by atoms with Crippen molar-refractivity contribution in [2.24, 2.45) is 0 Å². The van der Waals surface area contributed by atoms with Crippen molar-refractivity contribution in [2.45, 2.75) is 38.5 Å². The molecule has 2 aliphatic carbocycles. The van der Waals surface area contributed by atoms with Crippen LogP contribution < -0.4 is 9.80 Å². The molecule has 0 bridgehead atoms. The number of aromatic nitrogens is 2. The smallest absolute Gasteiger partial charge is 0.137 e. The zero-order chi connectivity index (χ0) is 52.8. The zero-order valence-electron chi connectivity index (χ0n) is 44.3. The molecule has 13 rings (SSSR count). The van der Waals surface area contributed by atoms with E-state index < -0.39 is 0 Å². The molecule has 0 spiro atoms. The monoisotopic (exact) mass is 1000 g/mol. The molecule has 2 heterocycles. The van der Waals surface area contributed by atoms with Crippen molar-refractivity contribution >= 4 is 58.7 Å². The summed E-state index contributed by atoms with van der Waals surface area (Å²) in [6.45, 7) is 9.41. The number of pyridine rings is 2. The lowest BCUT2D eigenvalue weighted by Gasteiger charge is -2.27. The topological polar surface area (TPSA) is 32.3 Å². The van der Waals surface area contributed by atoms with Crippen LogP contribution >= 0.6 is 0 Å². The van der Waals surface area contributed by atoms with Crippen LogP contribution in [-0.4, -0.2) is 9.97 Å². The minimum atomic E-state index is -0.207. The van der Waals surface area contributed by atoms with Gasteiger partial charge >= 0.3 is 0 Å². The number of hydrogen-bond acceptors (Lipinski definition) is 4. The molecule has 2 aliphatic rings. The van der Waals surface area contributed by atoms with E-state index in [2.05, 4.69) is 292 Å². The molecule has 78 heavy (non-hydrogen) atoms. The Bertz CT molecular complexity index is 3800. The average molecular weight is 1000 g/mol. The van der Waals surface area contributed by atoms with Crippen LogP contribution in [0, 0.1) is 0 Å². The van der Waals surface area contributed by atoms with Crippen molar-refractivity contribution < 1.29 is 0 Å². The Hall–Kier alpha value is -9.64. The highest BCUT2D eigenvalue weighted by Crippen LogP contribution is 2.53. The highest BCUT2D eigenvalue weighted by Gasteiger charge is 2.38. The standard InChI is InChI=1S/C74H58N4/c1-73(2)67-45-53(35-39-63(67)65-41-37-61(49-69(65)73)77(71-25-11-13-43-75-71)59-23-15-21-57(47-59)55-17-7-5-8-18-55)33-31-51-27-29-52(30-28-51)32-34-54-36-40-64-66-42-38-62(50-70(66)74(3,4)68(64)46-54)78(72-26-12-14-44-76-72)60-24-16-22-58(48-60)56-19-9-6-10-20-56/h5-50H,1-4H3. The van der Waals surface area contributed by atoms with Crippen LogP contribution in [0.2, 0.25) is 0 Å². The third-order valence-electron chi connectivity index (χ3n) is 15.9. The van der Waals surface area contributed by atoms with Gasteiger partial charge in [-0.2, -0.15) is 0 Å². The third-order valence-corrected chi connectivity index (χ3v) is 15.9. The highest BCUT2D eigenvalue weighted by molar-refractivity contribution is 5.89.